The first kappa shape index (κ1) is 10.9. The highest BCUT2D eigenvalue weighted by atomic mass is 32.2. The summed E-state index contributed by atoms with van der Waals surface area (Å²) in [5.74, 6) is 0.129. The van der Waals surface area contributed by atoms with Crippen molar-refractivity contribution in [2.24, 2.45) is 0 Å². The minimum Gasteiger partial charge on any atom is -0.364 e. The predicted molar refractivity (Wildman–Crippen MR) is 51.0 cm³/mol. The summed E-state index contributed by atoms with van der Waals surface area (Å²) in [6.45, 7) is 2.41. The van der Waals surface area contributed by atoms with Crippen molar-refractivity contribution in [3.05, 3.63) is 6.42 Å². The lowest BCUT2D eigenvalue weighted by atomic mass is 10.2. The molecule has 5 heteroatoms. The number of rotatable bonds is 4. The maximum atomic E-state index is 11.5. The van der Waals surface area contributed by atoms with Crippen LogP contribution in [0.1, 0.15) is 13.3 Å². The molecule has 1 heterocycles. The van der Waals surface area contributed by atoms with Gasteiger partial charge in [-0.05, 0) is 19.4 Å². The van der Waals surface area contributed by atoms with Crippen molar-refractivity contribution in [2.75, 3.05) is 19.4 Å². The average molecular weight is 206 g/mol. The van der Waals surface area contributed by atoms with Crippen LogP contribution in [-0.2, 0) is 14.6 Å². The van der Waals surface area contributed by atoms with Gasteiger partial charge in [-0.25, -0.2) is 8.42 Å². The van der Waals surface area contributed by atoms with E-state index in [1.54, 1.807) is 6.92 Å². The summed E-state index contributed by atoms with van der Waals surface area (Å²) in [6, 6.07) is -0.0741. The van der Waals surface area contributed by atoms with Gasteiger partial charge in [-0.2, -0.15) is 0 Å². The summed E-state index contributed by atoms with van der Waals surface area (Å²) in [5, 5.41) is 3.09. The molecule has 4 nitrogen and oxygen atoms in total. The molecular weight excluding hydrogens is 190 g/mol. The van der Waals surface area contributed by atoms with Crippen LogP contribution >= 0.6 is 0 Å². The van der Waals surface area contributed by atoms with Gasteiger partial charge in [0.1, 0.15) is 0 Å². The fourth-order valence-electron chi connectivity index (χ4n) is 1.51. The molecule has 1 radical (unpaired) electrons. The van der Waals surface area contributed by atoms with E-state index in [1.165, 1.54) is 7.11 Å². The first-order chi connectivity index (χ1) is 6.11. The Balaban J connectivity index is 2.71. The van der Waals surface area contributed by atoms with Gasteiger partial charge in [-0.15, -0.1) is 0 Å². The Morgan fingerprint density at radius 1 is 1.69 bits per heavy atom. The van der Waals surface area contributed by atoms with Crippen LogP contribution in [0.15, 0.2) is 0 Å². The molecule has 1 rings (SSSR count). The summed E-state index contributed by atoms with van der Waals surface area (Å²) in [5.41, 5.74) is -0.698. The van der Waals surface area contributed by atoms with E-state index in [4.69, 9.17) is 4.74 Å². The molecule has 0 aromatic rings. The van der Waals surface area contributed by atoms with Gasteiger partial charge in [0.25, 0.3) is 0 Å². The minimum atomic E-state index is -3.10. The number of ether oxygens (including phenoxy) is 1. The van der Waals surface area contributed by atoms with Crippen LogP contribution < -0.4 is 5.32 Å². The van der Waals surface area contributed by atoms with Crippen LogP contribution in [0.5, 0.6) is 0 Å². The smallest absolute Gasteiger partial charge is 0.178 e. The Kier molecular flexibility index (Phi) is 3.70. The van der Waals surface area contributed by atoms with E-state index in [-0.39, 0.29) is 11.8 Å². The Morgan fingerprint density at radius 3 is 2.77 bits per heavy atom. The van der Waals surface area contributed by atoms with Gasteiger partial charge < -0.3 is 10.1 Å². The third-order valence-electron chi connectivity index (χ3n) is 2.26. The first-order valence-electron chi connectivity index (χ1n) is 4.41. The monoisotopic (exact) mass is 206 g/mol. The van der Waals surface area contributed by atoms with Crippen LogP contribution in [0.3, 0.4) is 0 Å². The van der Waals surface area contributed by atoms with Gasteiger partial charge in [0, 0.05) is 13.2 Å². The van der Waals surface area contributed by atoms with Crippen molar-refractivity contribution in [3.8, 4) is 0 Å². The van der Waals surface area contributed by atoms with Crippen molar-refractivity contribution in [1.82, 2.24) is 5.32 Å². The number of hydrogen-bond donors (Lipinski definition) is 1. The van der Waals surface area contributed by atoms with Crippen LogP contribution in [-0.4, -0.2) is 39.3 Å². The zero-order valence-corrected chi connectivity index (χ0v) is 8.80. The quantitative estimate of drug-likeness (QED) is 0.701. The highest BCUT2D eigenvalue weighted by Gasteiger charge is 2.33. The van der Waals surface area contributed by atoms with E-state index in [0.29, 0.717) is 0 Å². The van der Waals surface area contributed by atoms with E-state index in [0.717, 1.165) is 13.0 Å². The lowest BCUT2D eigenvalue weighted by Gasteiger charge is -2.21. The molecule has 1 saturated heterocycles. The van der Waals surface area contributed by atoms with Crippen LogP contribution in [0, 0.1) is 6.42 Å². The Bertz CT molecular complexity index is 244. The van der Waals surface area contributed by atoms with E-state index < -0.39 is 15.3 Å². The summed E-state index contributed by atoms with van der Waals surface area (Å²) in [6.07, 6.45) is 2.79. The molecule has 0 bridgehead atoms. The minimum absolute atomic E-state index is 0.0741. The van der Waals surface area contributed by atoms with E-state index in [1.807, 2.05) is 6.42 Å². The van der Waals surface area contributed by atoms with Gasteiger partial charge in [0.15, 0.2) is 15.3 Å². The standard InChI is InChI=1S/C8H16NO3S/c1-3-13(10,11)8(12-2)7-5-4-6-9-7/h4,7-9H,3,5-6H2,1-2H3/t7-,8+/m1/s1. The number of nitrogens with one attached hydrogen (secondary N) is 1. The number of hydrogen-bond acceptors (Lipinski definition) is 4. The van der Waals surface area contributed by atoms with Gasteiger partial charge in [-0.1, -0.05) is 6.92 Å². The fourth-order valence-corrected chi connectivity index (χ4v) is 2.84. The highest BCUT2D eigenvalue weighted by molar-refractivity contribution is 7.91. The number of methoxy groups -OCH3 is 1. The first-order valence-corrected chi connectivity index (χ1v) is 6.12. The van der Waals surface area contributed by atoms with Crippen LogP contribution in [0.2, 0.25) is 0 Å². The molecule has 1 aliphatic rings. The molecule has 0 saturated carbocycles. The van der Waals surface area contributed by atoms with Gasteiger partial charge in [0.2, 0.25) is 0 Å². The Morgan fingerprint density at radius 2 is 2.38 bits per heavy atom. The summed E-state index contributed by atoms with van der Waals surface area (Å²) in [4.78, 5) is 0. The second kappa shape index (κ2) is 4.39. The van der Waals surface area contributed by atoms with Crippen molar-refractivity contribution >= 4 is 9.84 Å². The molecular formula is C8H16NO3S. The second-order valence-corrected chi connectivity index (χ2v) is 5.46. The molecule has 1 aliphatic heterocycles. The van der Waals surface area contributed by atoms with Crippen molar-refractivity contribution in [3.63, 3.8) is 0 Å². The third-order valence-corrected chi connectivity index (χ3v) is 4.30. The summed E-state index contributed by atoms with van der Waals surface area (Å²) >= 11 is 0. The molecule has 0 aromatic carbocycles. The molecule has 77 valence electrons. The molecule has 0 amide bonds. The molecule has 0 unspecified atom stereocenters. The summed E-state index contributed by atoms with van der Waals surface area (Å²) in [7, 11) is -1.66. The molecule has 0 spiro atoms. The van der Waals surface area contributed by atoms with E-state index >= 15 is 0 Å². The van der Waals surface area contributed by atoms with Crippen molar-refractivity contribution in [1.29, 1.82) is 0 Å². The van der Waals surface area contributed by atoms with Gasteiger partial charge in [0.05, 0.1) is 5.75 Å². The normalized spacial score (nSPS) is 26.2. The van der Waals surface area contributed by atoms with Gasteiger partial charge in [-0.3, -0.25) is 0 Å². The maximum Gasteiger partial charge on any atom is 0.178 e. The SMILES string of the molecule is CCS(=O)(=O)[C@H](OC)[C@H]1C[CH]CN1. The maximum absolute atomic E-state index is 11.5. The Hall–Kier alpha value is -0.130. The average Bonchev–Trinajstić information content (AvgIpc) is 2.58. The Labute approximate surface area is 79.6 Å². The fraction of sp³-hybridized carbons (Fsp3) is 0.875. The van der Waals surface area contributed by atoms with Crippen LogP contribution in [0.25, 0.3) is 0 Å². The molecule has 13 heavy (non-hydrogen) atoms. The largest absolute Gasteiger partial charge is 0.364 e. The highest BCUT2D eigenvalue weighted by Crippen LogP contribution is 2.16. The molecule has 1 fully saturated rings. The van der Waals surface area contributed by atoms with E-state index in [9.17, 15) is 8.42 Å². The molecule has 0 aromatic heterocycles. The summed E-state index contributed by atoms with van der Waals surface area (Å²) < 4.78 is 28.1. The molecule has 1 N–H and O–H groups in total. The van der Waals surface area contributed by atoms with Crippen molar-refractivity contribution in [2.45, 2.75) is 24.8 Å². The zero-order valence-electron chi connectivity index (χ0n) is 7.99. The third kappa shape index (κ3) is 2.42. The zero-order chi connectivity index (χ0) is 9.90. The second-order valence-electron chi connectivity index (χ2n) is 3.09. The molecule has 2 atom stereocenters. The van der Waals surface area contributed by atoms with Crippen molar-refractivity contribution < 1.29 is 13.2 Å². The van der Waals surface area contributed by atoms with Gasteiger partial charge >= 0.3 is 0 Å². The lowest BCUT2D eigenvalue weighted by molar-refractivity contribution is 0.136. The topological polar surface area (TPSA) is 55.4 Å². The lowest BCUT2D eigenvalue weighted by Crippen LogP contribution is -2.42. The van der Waals surface area contributed by atoms with E-state index in [2.05, 4.69) is 5.32 Å². The predicted octanol–water partition coefficient (Wildman–Crippen LogP) is -0.0402. The van der Waals surface area contributed by atoms with Crippen LogP contribution in [0.4, 0.5) is 0 Å². The molecule has 0 aliphatic carbocycles. The number of sulfone groups is 1.